The van der Waals surface area contributed by atoms with Gasteiger partial charge < -0.3 is 24.8 Å². The van der Waals surface area contributed by atoms with Crippen LogP contribution in [0.1, 0.15) is 38.1 Å². The van der Waals surface area contributed by atoms with E-state index < -0.39 is 0 Å². The molecule has 0 heterocycles. The van der Waals surface area contributed by atoms with Crippen molar-refractivity contribution in [1.82, 2.24) is 0 Å². The number of para-hydroxylation sites is 2. The van der Waals surface area contributed by atoms with Crippen LogP contribution in [-0.4, -0.2) is 31.6 Å². The summed E-state index contributed by atoms with van der Waals surface area (Å²) in [5, 5.41) is 5.51. The summed E-state index contributed by atoms with van der Waals surface area (Å²) in [5.41, 5.74) is 1.37. The molecular weight excluding hydrogens is 360 g/mol. The Morgan fingerprint density at radius 3 is 1.79 bits per heavy atom. The number of nitrogens with one attached hydrogen (secondary N) is 2. The standard InChI is InChI=1S/C21H26N2O5/c1-5-26-18-12-15(13-19(27-6-2)20(18)28-7-3)21(25)23-17-11-9-8-10-16(17)22-14(4)24/h8-13H,5-7H2,1-4H3,(H,22,24)(H,23,25). The van der Waals surface area contributed by atoms with Crippen LogP contribution < -0.4 is 24.8 Å². The van der Waals surface area contributed by atoms with E-state index in [0.717, 1.165) is 0 Å². The van der Waals surface area contributed by atoms with Gasteiger partial charge in [-0.05, 0) is 45.0 Å². The topological polar surface area (TPSA) is 85.9 Å². The van der Waals surface area contributed by atoms with Crippen LogP contribution in [0.5, 0.6) is 17.2 Å². The van der Waals surface area contributed by atoms with Crippen LogP contribution in [0.3, 0.4) is 0 Å². The Morgan fingerprint density at radius 1 is 0.821 bits per heavy atom. The molecule has 2 aromatic rings. The average molecular weight is 386 g/mol. The van der Waals surface area contributed by atoms with Gasteiger partial charge in [0, 0.05) is 12.5 Å². The highest BCUT2D eigenvalue weighted by molar-refractivity contribution is 6.07. The Bertz CT molecular complexity index is 808. The summed E-state index contributed by atoms with van der Waals surface area (Å²) in [6.07, 6.45) is 0. The number of rotatable bonds is 9. The maximum Gasteiger partial charge on any atom is 0.255 e. The normalized spacial score (nSPS) is 10.1. The summed E-state index contributed by atoms with van der Waals surface area (Å²) in [6, 6.07) is 10.2. The number of hydrogen-bond donors (Lipinski definition) is 2. The number of ether oxygens (including phenoxy) is 3. The molecule has 7 nitrogen and oxygen atoms in total. The molecule has 2 amide bonds. The maximum atomic E-state index is 12.9. The minimum absolute atomic E-state index is 0.222. The van der Waals surface area contributed by atoms with Crippen LogP contribution >= 0.6 is 0 Å². The van der Waals surface area contributed by atoms with Gasteiger partial charge in [-0.1, -0.05) is 12.1 Å². The number of hydrogen-bond acceptors (Lipinski definition) is 5. The average Bonchev–Trinajstić information content (AvgIpc) is 2.65. The summed E-state index contributed by atoms with van der Waals surface area (Å²) in [4.78, 5) is 24.2. The molecule has 7 heteroatoms. The van der Waals surface area contributed by atoms with Gasteiger partial charge in [0.05, 0.1) is 31.2 Å². The van der Waals surface area contributed by atoms with Crippen LogP contribution in [0.25, 0.3) is 0 Å². The molecule has 0 aliphatic heterocycles. The second-order valence-corrected chi connectivity index (χ2v) is 5.78. The monoisotopic (exact) mass is 386 g/mol. The Morgan fingerprint density at radius 2 is 1.32 bits per heavy atom. The van der Waals surface area contributed by atoms with Gasteiger partial charge in [-0.2, -0.15) is 0 Å². The van der Waals surface area contributed by atoms with Crippen molar-refractivity contribution in [1.29, 1.82) is 0 Å². The SMILES string of the molecule is CCOc1cc(C(=O)Nc2ccccc2NC(C)=O)cc(OCC)c1OCC. The van der Waals surface area contributed by atoms with E-state index in [4.69, 9.17) is 14.2 Å². The van der Waals surface area contributed by atoms with Crippen molar-refractivity contribution in [3.05, 3.63) is 42.0 Å². The fourth-order valence-electron chi connectivity index (χ4n) is 2.61. The molecule has 28 heavy (non-hydrogen) atoms. The van der Waals surface area contributed by atoms with Gasteiger partial charge in [0.2, 0.25) is 11.7 Å². The van der Waals surface area contributed by atoms with E-state index in [1.165, 1.54) is 6.92 Å². The van der Waals surface area contributed by atoms with Gasteiger partial charge in [-0.15, -0.1) is 0 Å². The Balaban J connectivity index is 2.38. The maximum absolute atomic E-state index is 12.9. The fraction of sp³-hybridized carbons (Fsp3) is 0.333. The molecule has 2 N–H and O–H groups in total. The largest absolute Gasteiger partial charge is 0.490 e. The lowest BCUT2D eigenvalue weighted by molar-refractivity contribution is -0.114. The van der Waals surface area contributed by atoms with Crippen LogP contribution in [0.2, 0.25) is 0 Å². The summed E-state index contributed by atoms with van der Waals surface area (Å²) in [7, 11) is 0. The molecule has 0 unspecified atom stereocenters. The first-order chi connectivity index (χ1) is 13.5. The minimum atomic E-state index is -0.359. The van der Waals surface area contributed by atoms with E-state index in [9.17, 15) is 9.59 Å². The lowest BCUT2D eigenvalue weighted by Crippen LogP contribution is -2.16. The molecule has 2 aromatic carbocycles. The van der Waals surface area contributed by atoms with Crippen LogP contribution in [-0.2, 0) is 4.79 Å². The van der Waals surface area contributed by atoms with Crippen molar-refractivity contribution in [2.24, 2.45) is 0 Å². The van der Waals surface area contributed by atoms with Gasteiger partial charge in [0.25, 0.3) is 5.91 Å². The first-order valence-electron chi connectivity index (χ1n) is 9.24. The van der Waals surface area contributed by atoms with Gasteiger partial charge in [-0.25, -0.2) is 0 Å². The lowest BCUT2D eigenvalue weighted by atomic mass is 10.1. The number of benzene rings is 2. The minimum Gasteiger partial charge on any atom is -0.490 e. The van der Waals surface area contributed by atoms with E-state index in [2.05, 4.69) is 10.6 Å². The summed E-state index contributed by atoms with van der Waals surface area (Å²) < 4.78 is 17.0. The number of carbonyl (C=O) groups is 2. The van der Waals surface area contributed by atoms with Crippen molar-refractivity contribution in [2.45, 2.75) is 27.7 Å². The molecule has 0 atom stereocenters. The van der Waals surface area contributed by atoms with Crippen LogP contribution in [0.15, 0.2) is 36.4 Å². The number of amides is 2. The van der Waals surface area contributed by atoms with Gasteiger partial charge in [0.15, 0.2) is 11.5 Å². The number of anilines is 2. The predicted molar refractivity (Wildman–Crippen MR) is 109 cm³/mol. The zero-order valence-corrected chi connectivity index (χ0v) is 16.6. The molecule has 2 rings (SSSR count). The molecule has 0 spiro atoms. The summed E-state index contributed by atoms with van der Waals surface area (Å²) >= 11 is 0. The fourth-order valence-corrected chi connectivity index (χ4v) is 2.61. The van der Waals surface area contributed by atoms with Gasteiger partial charge in [0.1, 0.15) is 0 Å². The smallest absolute Gasteiger partial charge is 0.255 e. The molecule has 150 valence electrons. The molecule has 0 aromatic heterocycles. The predicted octanol–water partition coefficient (Wildman–Crippen LogP) is 4.09. The van der Waals surface area contributed by atoms with Gasteiger partial charge in [-0.3, -0.25) is 9.59 Å². The Hall–Kier alpha value is -3.22. The Labute approximate surface area is 165 Å². The zero-order valence-electron chi connectivity index (χ0n) is 16.6. The molecular formula is C21H26N2O5. The third-order valence-electron chi connectivity index (χ3n) is 3.66. The van der Waals surface area contributed by atoms with E-state index in [1.54, 1.807) is 36.4 Å². The van der Waals surface area contributed by atoms with Crippen molar-refractivity contribution < 1.29 is 23.8 Å². The highest BCUT2D eigenvalue weighted by Gasteiger charge is 2.19. The molecule has 0 bridgehead atoms. The lowest BCUT2D eigenvalue weighted by Gasteiger charge is -2.17. The van der Waals surface area contributed by atoms with Crippen molar-refractivity contribution in [3.8, 4) is 17.2 Å². The van der Waals surface area contributed by atoms with Crippen LogP contribution in [0, 0.1) is 0 Å². The van der Waals surface area contributed by atoms with Crippen molar-refractivity contribution >= 4 is 23.2 Å². The summed E-state index contributed by atoms with van der Waals surface area (Å²) in [5.74, 6) is 0.773. The quantitative estimate of drug-likeness (QED) is 0.678. The van der Waals surface area contributed by atoms with E-state index in [0.29, 0.717) is 54.0 Å². The molecule has 0 radical (unpaired) electrons. The first-order valence-corrected chi connectivity index (χ1v) is 9.24. The number of carbonyl (C=O) groups excluding carboxylic acids is 2. The first kappa shape index (κ1) is 21.1. The summed E-state index contributed by atoms with van der Waals surface area (Å²) in [6.45, 7) is 8.26. The highest BCUT2D eigenvalue weighted by atomic mass is 16.5. The third kappa shape index (κ3) is 5.39. The highest BCUT2D eigenvalue weighted by Crippen LogP contribution is 2.39. The van der Waals surface area contributed by atoms with E-state index in [-0.39, 0.29) is 11.8 Å². The molecule has 0 aliphatic rings. The Kier molecular flexibility index (Phi) is 7.68. The molecule has 0 aliphatic carbocycles. The van der Waals surface area contributed by atoms with Crippen LogP contribution in [0.4, 0.5) is 11.4 Å². The zero-order chi connectivity index (χ0) is 20.5. The van der Waals surface area contributed by atoms with E-state index >= 15 is 0 Å². The van der Waals surface area contributed by atoms with Gasteiger partial charge >= 0.3 is 0 Å². The van der Waals surface area contributed by atoms with Crippen molar-refractivity contribution in [3.63, 3.8) is 0 Å². The molecule has 0 saturated carbocycles. The van der Waals surface area contributed by atoms with E-state index in [1.807, 2.05) is 20.8 Å². The second-order valence-electron chi connectivity index (χ2n) is 5.78. The molecule has 0 fully saturated rings. The second kappa shape index (κ2) is 10.2. The third-order valence-corrected chi connectivity index (χ3v) is 3.66. The molecule has 0 saturated heterocycles. The van der Waals surface area contributed by atoms with Crippen molar-refractivity contribution in [2.75, 3.05) is 30.5 Å².